The summed E-state index contributed by atoms with van der Waals surface area (Å²) >= 11 is 0. The number of benzene rings is 1. The molecule has 0 saturated carbocycles. The molecule has 1 aromatic carbocycles. The summed E-state index contributed by atoms with van der Waals surface area (Å²) < 4.78 is 0. The van der Waals surface area contributed by atoms with E-state index in [-0.39, 0.29) is 6.10 Å². The van der Waals surface area contributed by atoms with Gasteiger partial charge in [-0.1, -0.05) is 12.1 Å². The summed E-state index contributed by atoms with van der Waals surface area (Å²) in [7, 11) is 0. The van der Waals surface area contributed by atoms with Crippen LogP contribution >= 0.6 is 0 Å². The van der Waals surface area contributed by atoms with E-state index in [0.29, 0.717) is 6.04 Å². The van der Waals surface area contributed by atoms with Gasteiger partial charge in [-0.15, -0.1) is 0 Å². The van der Waals surface area contributed by atoms with E-state index in [0.717, 1.165) is 37.1 Å². The second-order valence-corrected chi connectivity index (χ2v) is 5.06. The lowest BCUT2D eigenvalue weighted by Crippen LogP contribution is -2.41. The molecule has 1 aromatic rings. The Morgan fingerprint density at radius 2 is 2.22 bits per heavy atom. The number of piperidine rings is 1. The van der Waals surface area contributed by atoms with E-state index in [4.69, 9.17) is 0 Å². The first-order valence-corrected chi connectivity index (χ1v) is 6.66. The second-order valence-electron chi connectivity index (χ2n) is 5.06. The highest BCUT2D eigenvalue weighted by atomic mass is 16.3. The van der Waals surface area contributed by atoms with Crippen LogP contribution in [-0.4, -0.2) is 23.8 Å². The van der Waals surface area contributed by atoms with Crippen molar-refractivity contribution >= 4 is 5.69 Å². The molecule has 0 spiro atoms. The normalized spacial score (nSPS) is 21.4. The maximum atomic E-state index is 9.60. The molecular formula is C15H20N2O. The Hall–Kier alpha value is -1.53. The van der Waals surface area contributed by atoms with Gasteiger partial charge in [-0.05, 0) is 44.7 Å². The number of aliphatic hydroxyl groups is 1. The Morgan fingerprint density at radius 1 is 1.44 bits per heavy atom. The van der Waals surface area contributed by atoms with Gasteiger partial charge in [0, 0.05) is 12.6 Å². The summed E-state index contributed by atoms with van der Waals surface area (Å²) in [4.78, 5) is 2.30. The zero-order valence-corrected chi connectivity index (χ0v) is 10.8. The van der Waals surface area contributed by atoms with Gasteiger partial charge in [0.2, 0.25) is 0 Å². The van der Waals surface area contributed by atoms with Gasteiger partial charge in [-0.25, -0.2) is 0 Å². The standard InChI is InChI=1S/C15H20N2O/c1-12(18)10-14-7-4-5-9-17(14)15-8-3-2-6-13(15)11-16/h2-3,6,8,12,14,18H,4-5,7,9-10H2,1H3. The minimum absolute atomic E-state index is 0.287. The first kappa shape index (κ1) is 12.9. The van der Waals surface area contributed by atoms with Crippen LogP contribution in [-0.2, 0) is 0 Å². The van der Waals surface area contributed by atoms with E-state index in [9.17, 15) is 10.4 Å². The molecule has 1 aliphatic rings. The van der Waals surface area contributed by atoms with E-state index in [2.05, 4.69) is 11.0 Å². The first-order valence-electron chi connectivity index (χ1n) is 6.66. The Kier molecular flexibility index (Phi) is 4.22. The van der Waals surface area contributed by atoms with Crippen molar-refractivity contribution in [2.45, 2.75) is 44.8 Å². The summed E-state index contributed by atoms with van der Waals surface area (Å²) in [5.74, 6) is 0. The molecule has 0 aromatic heterocycles. The van der Waals surface area contributed by atoms with Gasteiger partial charge in [-0.3, -0.25) is 0 Å². The van der Waals surface area contributed by atoms with Crippen molar-refractivity contribution in [2.75, 3.05) is 11.4 Å². The van der Waals surface area contributed by atoms with Crippen molar-refractivity contribution in [3.63, 3.8) is 0 Å². The average molecular weight is 244 g/mol. The molecule has 0 amide bonds. The minimum atomic E-state index is -0.287. The predicted octanol–water partition coefficient (Wildman–Crippen LogP) is 2.69. The highest BCUT2D eigenvalue weighted by Gasteiger charge is 2.25. The summed E-state index contributed by atoms with van der Waals surface area (Å²) in [5, 5.41) is 18.8. The van der Waals surface area contributed by atoms with Crippen molar-refractivity contribution < 1.29 is 5.11 Å². The van der Waals surface area contributed by atoms with E-state index < -0.39 is 0 Å². The van der Waals surface area contributed by atoms with E-state index in [1.54, 1.807) is 0 Å². The molecule has 96 valence electrons. The molecular weight excluding hydrogens is 224 g/mol. The van der Waals surface area contributed by atoms with Gasteiger partial charge in [0.25, 0.3) is 0 Å². The maximum Gasteiger partial charge on any atom is 0.101 e. The molecule has 0 bridgehead atoms. The Bertz CT molecular complexity index is 436. The van der Waals surface area contributed by atoms with Crippen molar-refractivity contribution in [3.8, 4) is 6.07 Å². The lowest BCUT2D eigenvalue weighted by atomic mass is 9.95. The third-order valence-electron chi connectivity index (χ3n) is 3.57. The van der Waals surface area contributed by atoms with Gasteiger partial charge in [-0.2, -0.15) is 5.26 Å². The fourth-order valence-electron chi connectivity index (χ4n) is 2.78. The quantitative estimate of drug-likeness (QED) is 0.889. The van der Waals surface area contributed by atoms with Gasteiger partial charge in [0.1, 0.15) is 6.07 Å². The SMILES string of the molecule is CC(O)CC1CCCCN1c1ccccc1C#N. The molecule has 1 fully saturated rings. The number of rotatable bonds is 3. The van der Waals surface area contributed by atoms with Crippen LogP contribution < -0.4 is 4.90 Å². The number of nitriles is 1. The molecule has 3 heteroatoms. The Labute approximate surface area is 109 Å². The van der Waals surface area contributed by atoms with Crippen molar-refractivity contribution in [1.29, 1.82) is 5.26 Å². The van der Waals surface area contributed by atoms with Gasteiger partial charge >= 0.3 is 0 Å². The molecule has 0 radical (unpaired) electrons. The zero-order valence-electron chi connectivity index (χ0n) is 10.8. The first-order chi connectivity index (χ1) is 8.72. The Balaban J connectivity index is 2.25. The largest absolute Gasteiger partial charge is 0.393 e. The molecule has 3 nitrogen and oxygen atoms in total. The van der Waals surface area contributed by atoms with Crippen LogP contribution in [0.25, 0.3) is 0 Å². The Morgan fingerprint density at radius 3 is 2.94 bits per heavy atom. The summed E-state index contributed by atoms with van der Waals surface area (Å²) in [6, 6.07) is 10.4. The molecule has 18 heavy (non-hydrogen) atoms. The van der Waals surface area contributed by atoms with Crippen LogP contribution in [0.5, 0.6) is 0 Å². The van der Waals surface area contributed by atoms with Crippen LogP contribution in [0.4, 0.5) is 5.69 Å². The molecule has 2 rings (SSSR count). The third kappa shape index (κ3) is 2.83. The average Bonchev–Trinajstić information content (AvgIpc) is 2.39. The van der Waals surface area contributed by atoms with E-state index in [1.807, 2.05) is 31.2 Å². The minimum Gasteiger partial charge on any atom is -0.393 e. The fraction of sp³-hybridized carbons (Fsp3) is 0.533. The predicted molar refractivity (Wildman–Crippen MR) is 72.4 cm³/mol. The number of anilines is 1. The van der Waals surface area contributed by atoms with Crippen molar-refractivity contribution in [2.24, 2.45) is 0 Å². The van der Waals surface area contributed by atoms with Crippen molar-refractivity contribution in [3.05, 3.63) is 29.8 Å². The van der Waals surface area contributed by atoms with E-state index >= 15 is 0 Å². The van der Waals surface area contributed by atoms with Gasteiger partial charge < -0.3 is 10.0 Å². The number of hydrogen-bond donors (Lipinski definition) is 1. The molecule has 0 aliphatic carbocycles. The number of hydrogen-bond acceptors (Lipinski definition) is 3. The lowest BCUT2D eigenvalue weighted by Gasteiger charge is -2.38. The topological polar surface area (TPSA) is 47.3 Å². The molecule has 1 aliphatic heterocycles. The molecule has 1 N–H and O–H groups in total. The summed E-state index contributed by atoms with van der Waals surface area (Å²) in [5.41, 5.74) is 1.75. The number of para-hydroxylation sites is 1. The smallest absolute Gasteiger partial charge is 0.101 e. The fourth-order valence-corrected chi connectivity index (χ4v) is 2.78. The van der Waals surface area contributed by atoms with E-state index in [1.165, 1.54) is 6.42 Å². The highest BCUT2D eigenvalue weighted by Crippen LogP contribution is 2.29. The van der Waals surface area contributed by atoms with Crippen LogP contribution in [0.2, 0.25) is 0 Å². The molecule has 1 heterocycles. The summed E-state index contributed by atoms with van der Waals surface area (Å²) in [6.45, 7) is 2.82. The molecule has 2 unspecified atom stereocenters. The van der Waals surface area contributed by atoms with Crippen LogP contribution in [0.1, 0.15) is 38.2 Å². The van der Waals surface area contributed by atoms with Gasteiger partial charge in [0.05, 0.1) is 17.4 Å². The zero-order chi connectivity index (χ0) is 13.0. The van der Waals surface area contributed by atoms with Crippen LogP contribution in [0.3, 0.4) is 0 Å². The van der Waals surface area contributed by atoms with Crippen LogP contribution in [0, 0.1) is 11.3 Å². The number of nitrogens with zero attached hydrogens (tertiary/aromatic N) is 2. The molecule has 1 saturated heterocycles. The lowest BCUT2D eigenvalue weighted by molar-refractivity contribution is 0.167. The monoisotopic (exact) mass is 244 g/mol. The summed E-state index contributed by atoms with van der Waals surface area (Å²) in [6.07, 6.45) is 3.97. The highest BCUT2D eigenvalue weighted by molar-refractivity contribution is 5.60. The molecule has 2 atom stereocenters. The van der Waals surface area contributed by atoms with Gasteiger partial charge in [0.15, 0.2) is 0 Å². The third-order valence-corrected chi connectivity index (χ3v) is 3.57. The maximum absolute atomic E-state index is 9.60. The second kappa shape index (κ2) is 5.88. The van der Waals surface area contributed by atoms with Crippen LogP contribution in [0.15, 0.2) is 24.3 Å². The number of aliphatic hydroxyl groups excluding tert-OH is 1. The van der Waals surface area contributed by atoms with Crippen molar-refractivity contribution in [1.82, 2.24) is 0 Å².